The van der Waals surface area contributed by atoms with Gasteiger partial charge in [0.05, 0.1) is 6.61 Å². The molecule has 2 nitrogen and oxygen atoms in total. The Balaban J connectivity index is 2.18. The van der Waals surface area contributed by atoms with E-state index in [1.807, 2.05) is 0 Å². The molecule has 1 unspecified atom stereocenters. The molecule has 0 aromatic heterocycles. The van der Waals surface area contributed by atoms with Crippen LogP contribution in [0, 0.1) is 5.92 Å². The first-order chi connectivity index (χ1) is 4.43. The molecule has 0 radical (unpaired) electrons. The van der Waals surface area contributed by atoms with Crippen molar-refractivity contribution < 1.29 is 4.74 Å². The van der Waals surface area contributed by atoms with E-state index in [-0.39, 0.29) is 0 Å². The maximum atomic E-state index is 5.49. The van der Waals surface area contributed by atoms with E-state index in [4.69, 9.17) is 10.5 Å². The SMILES string of the molecule is NCC1CCCCOC1. The van der Waals surface area contributed by atoms with E-state index in [1.165, 1.54) is 19.3 Å². The molecule has 0 aliphatic carbocycles. The van der Waals surface area contributed by atoms with Crippen molar-refractivity contribution in [2.24, 2.45) is 11.7 Å². The molecule has 54 valence electrons. The van der Waals surface area contributed by atoms with Gasteiger partial charge in [0.1, 0.15) is 0 Å². The van der Waals surface area contributed by atoms with Gasteiger partial charge >= 0.3 is 0 Å². The minimum Gasteiger partial charge on any atom is -0.381 e. The van der Waals surface area contributed by atoms with Gasteiger partial charge in [-0.05, 0) is 25.3 Å². The van der Waals surface area contributed by atoms with E-state index in [2.05, 4.69) is 0 Å². The van der Waals surface area contributed by atoms with Crippen LogP contribution in [0.4, 0.5) is 0 Å². The largest absolute Gasteiger partial charge is 0.381 e. The fraction of sp³-hybridized carbons (Fsp3) is 1.00. The highest BCUT2D eigenvalue weighted by Gasteiger charge is 2.09. The molecule has 1 rings (SSSR count). The monoisotopic (exact) mass is 129 g/mol. The smallest absolute Gasteiger partial charge is 0.0506 e. The van der Waals surface area contributed by atoms with Crippen molar-refractivity contribution in [3.63, 3.8) is 0 Å². The molecule has 9 heavy (non-hydrogen) atoms. The molecule has 1 atom stereocenters. The van der Waals surface area contributed by atoms with E-state index in [1.54, 1.807) is 0 Å². The lowest BCUT2D eigenvalue weighted by Gasteiger charge is -2.08. The van der Waals surface area contributed by atoms with Gasteiger partial charge in [-0.1, -0.05) is 6.42 Å². The Morgan fingerprint density at radius 3 is 3.11 bits per heavy atom. The van der Waals surface area contributed by atoms with Gasteiger partial charge in [0.2, 0.25) is 0 Å². The standard InChI is InChI=1S/C7H15NO/c8-5-7-3-1-2-4-9-6-7/h7H,1-6,8H2. The Bertz CT molecular complexity index is 67.3. The zero-order chi connectivity index (χ0) is 6.53. The second-order valence-electron chi connectivity index (χ2n) is 2.67. The Kier molecular flexibility index (Phi) is 3.01. The van der Waals surface area contributed by atoms with Crippen molar-refractivity contribution in [1.82, 2.24) is 0 Å². The number of hydrogen-bond donors (Lipinski definition) is 1. The molecule has 0 amide bonds. The Labute approximate surface area is 56.4 Å². The summed E-state index contributed by atoms with van der Waals surface area (Å²) in [5.41, 5.74) is 5.49. The van der Waals surface area contributed by atoms with Crippen LogP contribution in [0.1, 0.15) is 19.3 Å². The molecule has 0 aromatic rings. The van der Waals surface area contributed by atoms with Crippen molar-refractivity contribution in [3.8, 4) is 0 Å². The summed E-state index contributed by atoms with van der Waals surface area (Å²) >= 11 is 0. The summed E-state index contributed by atoms with van der Waals surface area (Å²) in [5.74, 6) is 0.632. The van der Waals surface area contributed by atoms with Gasteiger partial charge in [-0.2, -0.15) is 0 Å². The summed E-state index contributed by atoms with van der Waals surface area (Å²) < 4.78 is 5.32. The van der Waals surface area contributed by atoms with Crippen molar-refractivity contribution in [2.75, 3.05) is 19.8 Å². The Hall–Kier alpha value is -0.0800. The van der Waals surface area contributed by atoms with Crippen LogP contribution < -0.4 is 5.73 Å². The molecule has 0 saturated carbocycles. The Morgan fingerprint density at radius 2 is 2.33 bits per heavy atom. The fourth-order valence-electron chi connectivity index (χ4n) is 1.16. The molecular formula is C7H15NO. The summed E-state index contributed by atoms with van der Waals surface area (Å²) in [6.07, 6.45) is 3.77. The second-order valence-corrected chi connectivity index (χ2v) is 2.67. The van der Waals surface area contributed by atoms with Gasteiger partial charge in [-0.3, -0.25) is 0 Å². The van der Waals surface area contributed by atoms with E-state index in [0.717, 1.165) is 19.8 Å². The van der Waals surface area contributed by atoms with Gasteiger partial charge in [0.15, 0.2) is 0 Å². The number of nitrogens with two attached hydrogens (primary N) is 1. The summed E-state index contributed by atoms with van der Waals surface area (Å²) in [5, 5.41) is 0. The highest BCUT2D eigenvalue weighted by Crippen LogP contribution is 2.11. The summed E-state index contributed by atoms with van der Waals surface area (Å²) in [4.78, 5) is 0. The number of rotatable bonds is 1. The average Bonchev–Trinajstić information content (AvgIpc) is 2.13. The second kappa shape index (κ2) is 3.85. The first-order valence-corrected chi connectivity index (χ1v) is 3.71. The molecule has 0 bridgehead atoms. The van der Waals surface area contributed by atoms with Gasteiger partial charge in [-0.15, -0.1) is 0 Å². The minimum absolute atomic E-state index is 0.632. The van der Waals surface area contributed by atoms with Gasteiger partial charge < -0.3 is 10.5 Å². The van der Waals surface area contributed by atoms with Crippen LogP contribution in [0.25, 0.3) is 0 Å². The van der Waals surface area contributed by atoms with Crippen LogP contribution >= 0.6 is 0 Å². The van der Waals surface area contributed by atoms with Crippen molar-refractivity contribution in [2.45, 2.75) is 19.3 Å². The molecule has 1 aliphatic rings. The van der Waals surface area contributed by atoms with Crippen molar-refractivity contribution >= 4 is 0 Å². The van der Waals surface area contributed by atoms with Crippen molar-refractivity contribution in [3.05, 3.63) is 0 Å². The highest BCUT2D eigenvalue weighted by atomic mass is 16.5. The first-order valence-electron chi connectivity index (χ1n) is 3.71. The topological polar surface area (TPSA) is 35.2 Å². The quantitative estimate of drug-likeness (QED) is 0.567. The van der Waals surface area contributed by atoms with Crippen LogP contribution in [0.5, 0.6) is 0 Å². The number of ether oxygens (including phenoxy) is 1. The van der Waals surface area contributed by atoms with Crippen LogP contribution in [-0.4, -0.2) is 19.8 Å². The lowest BCUT2D eigenvalue weighted by molar-refractivity contribution is 0.118. The van der Waals surface area contributed by atoms with E-state index >= 15 is 0 Å². The normalized spacial score (nSPS) is 29.7. The third-order valence-corrected chi connectivity index (χ3v) is 1.84. The van der Waals surface area contributed by atoms with E-state index < -0.39 is 0 Å². The number of hydrogen-bond acceptors (Lipinski definition) is 2. The minimum atomic E-state index is 0.632. The highest BCUT2D eigenvalue weighted by molar-refractivity contribution is 4.61. The van der Waals surface area contributed by atoms with Crippen LogP contribution in [0.15, 0.2) is 0 Å². The molecule has 1 saturated heterocycles. The fourth-order valence-corrected chi connectivity index (χ4v) is 1.16. The molecule has 1 fully saturated rings. The zero-order valence-corrected chi connectivity index (χ0v) is 5.81. The van der Waals surface area contributed by atoms with Gasteiger partial charge in [-0.25, -0.2) is 0 Å². The molecule has 0 aromatic carbocycles. The lowest BCUT2D eigenvalue weighted by Crippen LogP contribution is -2.17. The van der Waals surface area contributed by atoms with Crippen LogP contribution in [0.2, 0.25) is 0 Å². The molecule has 2 N–H and O–H groups in total. The van der Waals surface area contributed by atoms with E-state index in [0.29, 0.717) is 5.92 Å². The Morgan fingerprint density at radius 1 is 1.44 bits per heavy atom. The molecule has 1 aliphatic heterocycles. The molecule has 2 heteroatoms. The van der Waals surface area contributed by atoms with Crippen LogP contribution in [0.3, 0.4) is 0 Å². The maximum Gasteiger partial charge on any atom is 0.0506 e. The third kappa shape index (κ3) is 2.33. The van der Waals surface area contributed by atoms with E-state index in [9.17, 15) is 0 Å². The van der Waals surface area contributed by atoms with Crippen molar-refractivity contribution in [1.29, 1.82) is 0 Å². The molecule has 0 spiro atoms. The third-order valence-electron chi connectivity index (χ3n) is 1.84. The van der Waals surface area contributed by atoms with Gasteiger partial charge in [0.25, 0.3) is 0 Å². The first kappa shape index (κ1) is 7.03. The van der Waals surface area contributed by atoms with Gasteiger partial charge in [0, 0.05) is 6.61 Å². The summed E-state index contributed by atoms with van der Waals surface area (Å²) in [6, 6.07) is 0. The van der Waals surface area contributed by atoms with Crippen LogP contribution in [-0.2, 0) is 4.74 Å². The predicted octanol–water partition coefficient (Wildman–Crippen LogP) is 0.762. The summed E-state index contributed by atoms with van der Waals surface area (Å²) in [7, 11) is 0. The average molecular weight is 129 g/mol. The summed E-state index contributed by atoms with van der Waals surface area (Å²) in [6.45, 7) is 2.62. The lowest BCUT2D eigenvalue weighted by atomic mass is 10.1. The zero-order valence-electron chi connectivity index (χ0n) is 5.81. The molecular weight excluding hydrogens is 114 g/mol. The maximum absolute atomic E-state index is 5.49. The molecule has 1 heterocycles. The predicted molar refractivity (Wildman–Crippen MR) is 37.2 cm³/mol.